The van der Waals surface area contributed by atoms with Gasteiger partial charge in [0.25, 0.3) is 0 Å². The van der Waals surface area contributed by atoms with E-state index in [0.717, 1.165) is 41.1 Å². The van der Waals surface area contributed by atoms with Crippen molar-refractivity contribution < 1.29 is 14.6 Å². The number of hydrogen-bond donors (Lipinski definition) is 1. The maximum atomic E-state index is 11.5. The molecule has 0 aliphatic heterocycles. The van der Waals surface area contributed by atoms with Crippen LogP contribution in [0.2, 0.25) is 0 Å². The van der Waals surface area contributed by atoms with Gasteiger partial charge < -0.3 is 14.4 Å². The molecule has 1 N–H and O–H groups in total. The summed E-state index contributed by atoms with van der Waals surface area (Å²) < 4.78 is 7.36. The Labute approximate surface area is 170 Å². The molecule has 0 aliphatic carbocycles. The molecular formula is C24H24N2O3. The van der Waals surface area contributed by atoms with Crippen LogP contribution in [0.25, 0.3) is 16.6 Å². The third-order valence-corrected chi connectivity index (χ3v) is 4.71. The van der Waals surface area contributed by atoms with Gasteiger partial charge in [-0.1, -0.05) is 36.9 Å². The normalized spacial score (nSPS) is 12.2. The van der Waals surface area contributed by atoms with Crippen molar-refractivity contribution in [1.29, 1.82) is 0 Å². The van der Waals surface area contributed by atoms with Crippen LogP contribution in [0.3, 0.4) is 0 Å². The molecule has 2 aromatic carbocycles. The highest BCUT2D eigenvalue weighted by Gasteiger charge is 2.13. The van der Waals surface area contributed by atoms with Crippen molar-refractivity contribution in [3.8, 4) is 5.75 Å². The number of methoxy groups -OCH3 is 1. The Morgan fingerprint density at radius 1 is 1.21 bits per heavy atom. The van der Waals surface area contributed by atoms with Crippen molar-refractivity contribution >= 4 is 22.6 Å². The van der Waals surface area contributed by atoms with E-state index in [-0.39, 0.29) is 5.57 Å². The predicted molar refractivity (Wildman–Crippen MR) is 116 cm³/mol. The standard InChI is InChI=1S/C24H24N2O3/c1-4-7-19(24(27)28)16-17(2)23-25-21-8-5-6-9-22(21)26(23)15-14-18-10-12-20(29-3)13-11-18/h4-13,16H,1,14-15H2,2-3H3,(H,27,28)/b17-16+,19-7+. The first kappa shape index (κ1) is 20.1. The summed E-state index contributed by atoms with van der Waals surface area (Å²) >= 11 is 0. The van der Waals surface area contributed by atoms with E-state index >= 15 is 0 Å². The monoisotopic (exact) mass is 388 g/mol. The largest absolute Gasteiger partial charge is 0.497 e. The van der Waals surface area contributed by atoms with Crippen molar-refractivity contribution in [1.82, 2.24) is 9.55 Å². The topological polar surface area (TPSA) is 64.4 Å². The van der Waals surface area contributed by atoms with Crippen molar-refractivity contribution in [3.05, 3.63) is 90.3 Å². The molecule has 0 fully saturated rings. The molecule has 0 amide bonds. The van der Waals surface area contributed by atoms with Crippen molar-refractivity contribution in [3.63, 3.8) is 0 Å². The SMILES string of the molecule is C=C/C=C(\C=C(/C)c1nc2ccccc2n1CCc1ccc(OC)cc1)C(=O)O. The average molecular weight is 388 g/mol. The Bertz CT molecular complexity index is 1090. The van der Waals surface area contributed by atoms with Gasteiger partial charge in [-0.15, -0.1) is 0 Å². The first-order valence-corrected chi connectivity index (χ1v) is 9.36. The number of carbonyl (C=O) groups is 1. The van der Waals surface area contributed by atoms with E-state index in [0.29, 0.717) is 0 Å². The molecule has 5 nitrogen and oxygen atoms in total. The molecule has 29 heavy (non-hydrogen) atoms. The first-order chi connectivity index (χ1) is 14.0. The van der Waals surface area contributed by atoms with Crippen LogP contribution in [-0.4, -0.2) is 27.7 Å². The minimum absolute atomic E-state index is 0.172. The summed E-state index contributed by atoms with van der Waals surface area (Å²) in [6.45, 7) is 6.19. The van der Waals surface area contributed by atoms with E-state index in [4.69, 9.17) is 9.72 Å². The average Bonchev–Trinajstić information content (AvgIpc) is 3.11. The zero-order valence-corrected chi connectivity index (χ0v) is 16.6. The van der Waals surface area contributed by atoms with Gasteiger partial charge in [0, 0.05) is 6.54 Å². The molecule has 1 heterocycles. The lowest BCUT2D eigenvalue weighted by molar-refractivity contribution is -0.132. The van der Waals surface area contributed by atoms with Gasteiger partial charge in [-0.2, -0.15) is 0 Å². The van der Waals surface area contributed by atoms with E-state index < -0.39 is 5.97 Å². The van der Waals surface area contributed by atoms with E-state index in [9.17, 15) is 9.90 Å². The number of fused-ring (bicyclic) bond motifs is 1. The molecule has 1 aromatic heterocycles. The maximum Gasteiger partial charge on any atom is 0.335 e. The molecular weight excluding hydrogens is 364 g/mol. The van der Waals surface area contributed by atoms with E-state index in [1.54, 1.807) is 13.2 Å². The Kier molecular flexibility index (Phi) is 6.29. The number of para-hydroxylation sites is 2. The van der Waals surface area contributed by atoms with Gasteiger partial charge >= 0.3 is 5.97 Å². The molecule has 3 rings (SSSR count). The zero-order chi connectivity index (χ0) is 20.8. The lowest BCUT2D eigenvalue weighted by Gasteiger charge is -2.10. The third-order valence-electron chi connectivity index (χ3n) is 4.71. The van der Waals surface area contributed by atoms with Crippen molar-refractivity contribution in [2.24, 2.45) is 0 Å². The summed E-state index contributed by atoms with van der Waals surface area (Å²) in [6.07, 6.45) is 5.41. The lowest BCUT2D eigenvalue weighted by Crippen LogP contribution is -2.06. The molecule has 3 aromatic rings. The number of nitrogens with zero attached hydrogens (tertiary/aromatic N) is 2. The van der Waals surface area contributed by atoms with Gasteiger partial charge in [0.2, 0.25) is 0 Å². The van der Waals surface area contributed by atoms with Crippen LogP contribution >= 0.6 is 0 Å². The maximum absolute atomic E-state index is 11.5. The number of aromatic nitrogens is 2. The fourth-order valence-electron chi connectivity index (χ4n) is 3.24. The van der Waals surface area contributed by atoms with Crippen LogP contribution in [0.5, 0.6) is 5.75 Å². The zero-order valence-electron chi connectivity index (χ0n) is 16.6. The number of aryl methyl sites for hydroxylation is 2. The number of hydrogen-bond acceptors (Lipinski definition) is 3. The summed E-state index contributed by atoms with van der Waals surface area (Å²) in [4.78, 5) is 16.2. The number of benzene rings is 2. The molecule has 0 aliphatic rings. The quantitative estimate of drug-likeness (QED) is 0.441. The molecule has 0 saturated heterocycles. The number of ether oxygens (including phenoxy) is 1. The molecule has 5 heteroatoms. The second-order valence-electron chi connectivity index (χ2n) is 6.66. The first-order valence-electron chi connectivity index (χ1n) is 9.36. The number of carboxylic acids is 1. The molecule has 148 valence electrons. The van der Waals surface area contributed by atoms with Gasteiger partial charge in [0.15, 0.2) is 0 Å². The van der Waals surface area contributed by atoms with Crippen molar-refractivity contribution in [2.75, 3.05) is 7.11 Å². The smallest absolute Gasteiger partial charge is 0.335 e. The van der Waals surface area contributed by atoms with Crippen LogP contribution in [0.4, 0.5) is 0 Å². The Hall–Kier alpha value is -3.60. The summed E-state index contributed by atoms with van der Waals surface area (Å²) in [5, 5.41) is 9.41. The highest BCUT2D eigenvalue weighted by molar-refractivity contribution is 5.93. The number of carboxylic acid groups (broad SMARTS) is 1. The Morgan fingerprint density at radius 2 is 1.93 bits per heavy atom. The number of aliphatic carboxylic acids is 1. The summed E-state index contributed by atoms with van der Waals surface area (Å²) in [5.74, 6) is 0.595. The molecule has 0 unspecified atom stereocenters. The van der Waals surface area contributed by atoms with E-state index in [2.05, 4.69) is 23.3 Å². The van der Waals surface area contributed by atoms with Crippen LogP contribution in [0.15, 0.2) is 78.9 Å². The molecule has 0 atom stereocenters. The molecule has 0 saturated carbocycles. The Morgan fingerprint density at radius 3 is 2.59 bits per heavy atom. The van der Waals surface area contributed by atoms with Crippen LogP contribution in [-0.2, 0) is 17.8 Å². The van der Waals surface area contributed by atoms with Gasteiger partial charge in [-0.05, 0) is 60.9 Å². The van der Waals surface area contributed by atoms with Crippen LogP contribution in [0.1, 0.15) is 18.3 Å². The van der Waals surface area contributed by atoms with Gasteiger partial charge in [-0.25, -0.2) is 9.78 Å². The van der Waals surface area contributed by atoms with Crippen LogP contribution in [0, 0.1) is 0 Å². The fraction of sp³-hybridized carbons (Fsp3) is 0.167. The fourth-order valence-corrected chi connectivity index (χ4v) is 3.24. The number of rotatable bonds is 8. The molecule has 0 bridgehead atoms. The summed E-state index contributed by atoms with van der Waals surface area (Å²) in [5.41, 5.74) is 4.05. The minimum atomic E-state index is -0.995. The highest BCUT2D eigenvalue weighted by Crippen LogP contribution is 2.23. The second kappa shape index (κ2) is 9.06. The Balaban J connectivity index is 1.98. The molecule has 0 spiro atoms. The predicted octanol–water partition coefficient (Wildman–Crippen LogP) is 4.89. The lowest BCUT2D eigenvalue weighted by atomic mass is 10.1. The molecule has 0 radical (unpaired) electrons. The summed E-state index contributed by atoms with van der Waals surface area (Å²) in [6, 6.07) is 15.9. The van der Waals surface area contributed by atoms with Crippen LogP contribution < -0.4 is 4.74 Å². The summed E-state index contributed by atoms with van der Waals surface area (Å²) in [7, 11) is 1.65. The number of imidazole rings is 1. The second-order valence-corrected chi connectivity index (χ2v) is 6.66. The van der Waals surface area contributed by atoms with Gasteiger partial charge in [-0.3, -0.25) is 0 Å². The van der Waals surface area contributed by atoms with E-state index in [1.165, 1.54) is 17.7 Å². The van der Waals surface area contributed by atoms with Gasteiger partial charge in [0.05, 0.1) is 23.7 Å². The minimum Gasteiger partial charge on any atom is -0.497 e. The third kappa shape index (κ3) is 4.63. The van der Waals surface area contributed by atoms with E-state index in [1.807, 2.05) is 43.3 Å². The van der Waals surface area contributed by atoms with Crippen molar-refractivity contribution in [2.45, 2.75) is 19.9 Å². The highest BCUT2D eigenvalue weighted by atomic mass is 16.5. The van der Waals surface area contributed by atoms with Gasteiger partial charge in [0.1, 0.15) is 11.6 Å². The number of allylic oxidation sites excluding steroid dienone is 3.